The molecular weight excluding hydrogens is 494 g/mol. The highest BCUT2D eigenvalue weighted by Gasteiger charge is 2.19. The van der Waals surface area contributed by atoms with Crippen molar-refractivity contribution in [3.63, 3.8) is 0 Å². The first kappa shape index (κ1) is 28.0. The van der Waals surface area contributed by atoms with Crippen LogP contribution in [0.2, 0.25) is 0 Å². The van der Waals surface area contributed by atoms with Crippen molar-refractivity contribution in [2.45, 2.75) is 40.2 Å². The van der Waals surface area contributed by atoms with E-state index >= 15 is 0 Å². The molecule has 0 bridgehead atoms. The molecule has 0 saturated carbocycles. The first-order valence-corrected chi connectivity index (χ1v) is 13.5. The largest absolute Gasteiger partial charge is 0.508 e. The van der Waals surface area contributed by atoms with Crippen molar-refractivity contribution < 1.29 is 28.8 Å². The molecule has 39 heavy (non-hydrogen) atoms. The number of rotatable bonds is 12. The lowest BCUT2D eigenvalue weighted by molar-refractivity contribution is -0.148. The number of esters is 1. The molecule has 0 amide bonds. The number of aromatic hydroxyl groups is 1. The molecule has 3 aromatic rings. The predicted octanol–water partition coefficient (Wildman–Crippen LogP) is 6.14. The summed E-state index contributed by atoms with van der Waals surface area (Å²) >= 11 is 0. The number of carbonyl (C=O) groups is 1. The average molecular weight is 532 g/mol. The molecule has 1 aliphatic rings. The highest BCUT2D eigenvalue weighted by Crippen LogP contribution is 2.40. The lowest BCUT2D eigenvalue weighted by atomic mass is 9.88. The van der Waals surface area contributed by atoms with E-state index in [4.69, 9.17) is 18.9 Å². The van der Waals surface area contributed by atoms with Crippen LogP contribution in [0.5, 0.6) is 23.0 Å². The summed E-state index contributed by atoms with van der Waals surface area (Å²) in [5, 5.41) is 9.91. The van der Waals surface area contributed by atoms with E-state index in [-0.39, 0.29) is 31.2 Å². The molecule has 0 fully saturated rings. The van der Waals surface area contributed by atoms with E-state index in [1.807, 2.05) is 48.5 Å². The first-order valence-electron chi connectivity index (χ1n) is 13.5. The summed E-state index contributed by atoms with van der Waals surface area (Å²) in [5.74, 6) is 2.08. The fourth-order valence-electron chi connectivity index (χ4n) is 4.79. The number of hydrogen-bond acceptors (Lipinski definition) is 7. The van der Waals surface area contributed by atoms with Crippen LogP contribution in [0.15, 0.2) is 66.7 Å². The molecule has 1 N–H and O–H groups in total. The van der Waals surface area contributed by atoms with Crippen LogP contribution in [0.4, 0.5) is 0 Å². The summed E-state index contributed by atoms with van der Waals surface area (Å²) < 4.78 is 22.7. The van der Waals surface area contributed by atoms with E-state index in [1.165, 1.54) is 6.92 Å². The van der Waals surface area contributed by atoms with Crippen molar-refractivity contribution in [1.82, 2.24) is 4.90 Å². The predicted molar refractivity (Wildman–Crippen MR) is 152 cm³/mol. The van der Waals surface area contributed by atoms with Gasteiger partial charge in [-0.15, -0.1) is 0 Å². The molecule has 1 atom stereocenters. The zero-order valence-corrected chi connectivity index (χ0v) is 23.1. The lowest BCUT2D eigenvalue weighted by Crippen LogP contribution is -2.38. The SMILES string of the molecule is CCC(=C(c1ccc(O)cc1)c1ccc(OCC(CN(CC)CC)OC(C)=O)cc1)c1ccc2c(c1)OCO2. The maximum atomic E-state index is 11.6. The fraction of sp³-hybridized carbons (Fsp3) is 0.344. The van der Waals surface area contributed by atoms with Gasteiger partial charge in [0.05, 0.1) is 0 Å². The van der Waals surface area contributed by atoms with E-state index in [0.29, 0.717) is 12.3 Å². The number of fused-ring (bicyclic) bond motifs is 1. The van der Waals surface area contributed by atoms with Gasteiger partial charge in [-0.05, 0) is 83.7 Å². The number of carbonyl (C=O) groups excluding carboxylic acids is 1. The summed E-state index contributed by atoms with van der Waals surface area (Å²) in [6, 6.07) is 21.2. The Balaban J connectivity index is 1.63. The Bertz CT molecular complexity index is 1280. The summed E-state index contributed by atoms with van der Waals surface area (Å²) in [6.45, 7) is 10.6. The van der Waals surface area contributed by atoms with E-state index in [1.54, 1.807) is 12.1 Å². The summed E-state index contributed by atoms with van der Waals surface area (Å²) in [5.41, 5.74) is 5.25. The molecule has 1 heterocycles. The minimum absolute atomic E-state index is 0.218. The third-order valence-corrected chi connectivity index (χ3v) is 6.80. The molecule has 1 unspecified atom stereocenters. The molecule has 4 rings (SSSR count). The van der Waals surface area contributed by atoms with Gasteiger partial charge in [-0.1, -0.05) is 51.1 Å². The van der Waals surface area contributed by atoms with Crippen molar-refractivity contribution in [3.8, 4) is 23.0 Å². The van der Waals surface area contributed by atoms with Crippen LogP contribution in [-0.2, 0) is 9.53 Å². The molecule has 206 valence electrons. The second kappa shape index (κ2) is 13.2. The number of phenolic OH excluding ortho intramolecular Hbond substituents is 1. The van der Waals surface area contributed by atoms with Crippen molar-refractivity contribution in [2.24, 2.45) is 0 Å². The Morgan fingerprint density at radius 2 is 1.51 bits per heavy atom. The molecule has 0 aromatic heterocycles. The van der Waals surface area contributed by atoms with Gasteiger partial charge in [0, 0.05) is 13.5 Å². The quantitative estimate of drug-likeness (QED) is 0.222. The second-order valence-electron chi connectivity index (χ2n) is 9.37. The number of hydrogen-bond donors (Lipinski definition) is 1. The maximum absolute atomic E-state index is 11.6. The number of likely N-dealkylation sites (N-methyl/N-ethyl adjacent to an activating group) is 1. The standard InChI is InChI=1S/C32H37NO6/c1-5-29(25-12-17-30-31(18-25)38-21-37-30)32(23-8-13-26(35)14-9-23)24-10-15-27(16-11-24)36-20-28(39-22(4)34)19-33(6-2)7-3/h8-18,28,35H,5-7,19-21H2,1-4H3. The molecule has 0 spiro atoms. The normalized spacial score (nSPS) is 13.7. The minimum atomic E-state index is -0.354. The molecule has 7 heteroatoms. The zero-order valence-electron chi connectivity index (χ0n) is 23.1. The number of benzene rings is 3. The highest BCUT2D eigenvalue weighted by atomic mass is 16.7. The van der Waals surface area contributed by atoms with Crippen molar-refractivity contribution in [1.29, 1.82) is 0 Å². The highest BCUT2D eigenvalue weighted by molar-refractivity contribution is 5.99. The molecular formula is C32H37NO6. The van der Waals surface area contributed by atoms with Crippen LogP contribution in [0.25, 0.3) is 11.1 Å². The fourth-order valence-corrected chi connectivity index (χ4v) is 4.79. The third kappa shape index (κ3) is 7.12. The Morgan fingerprint density at radius 3 is 2.13 bits per heavy atom. The van der Waals surface area contributed by atoms with Crippen LogP contribution in [0, 0.1) is 0 Å². The van der Waals surface area contributed by atoms with E-state index < -0.39 is 0 Å². The van der Waals surface area contributed by atoms with Crippen molar-refractivity contribution in [3.05, 3.63) is 83.4 Å². The van der Waals surface area contributed by atoms with Crippen molar-refractivity contribution in [2.75, 3.05) is 33.0 Å². The molecule has 0 aliphatic carbocycles. The molecule has 1 aliphatic heterocycles. The van der Waals surface area contributed by atoms with Crippen LogP contribution >= 0.6 is 0 Å². The molecule has 7 nitrogen and oxygen atoms in total. The Kier molecular flexibility index (Phi) is 9.49. The van der Waals surface area contributed by atoms with Gasteiger partial charge in [0.2, 0.25) is 6.79 Å². The summed E-state index contributed by atoms with van der Waals surface area (Å²) in [4.78, 5) is 13.8. The molecule has 0 radical (unpaired) electrons. The maximum Gasteiger partial charge on any atom is 0.303 e. The molecule has 0 saturated heterocycles. The van der Waals surface area contributed by atoms with E-state index in [2.05, 4.69) is 31.7 Å². The van der Waals surface area contributed by atoms with Crippen LogP contribution in [0.1, 0.15) is 50.8 Å². The topological polar surface area (TPSA) is 77.5 Å². The summed E-state index contributed by atoms with van der Waals surface area (Å²) in [7, 11) is 0. The van der Waals surface area contributed by atoms with Crippen LogP contribution < -0.4 is 14.2 Å². The smallest absolute Gasteiger partial charge is 0.303 e. The van der Waals surface area contributed by atoms with E-state index in [9.17, 15) is 9.90 Å². The molecule has 3 aromatic carbocycles. The average Bonchev–Trinajstić information content (AvgIpc) is 3.42. The zero-order chi connectivity index (χ0) is 27.8. The van der Waals surface area contributed by atoms with Gasteiger partial charge in [0.25, 0.3) is 0 Å². The number of allylic oxidation sites excluding steroid dienone is 1. The minimum Gasteiger partial charge on any atom is -0.508 e. The number of ether oxygens (including phenoxy) is 4. The van der Waals surface area contributed by atoms with Crippen LogP contribution in [0.3, 0.4) is 0 Å². The summed E-state index contributed by atoms with van der Waals surface area (Å²) in [6.07, 6.45) is 0.427. The monoisotopic (exact) mass is 531 g/mol. The third-order valence-electron chi connectivity index (χ3n) is 6.80. The Hall–Kier alpha value is -3.97. The van der Waals surface area contributed by atoms with Gasteiger partial charge in [0.15, 0.2) is 11.5 Å². The van der Waals surface area contributed by atoms with Gasteiger partial charge in [0.1, 0.15) is 24.2 Å². The number of nitrogens with zero attached hydrogens (tertiary/aromatic N) is 1. The van der Waals surface area contributed by atoms with Crippen LogP contribution in [-0.4, -0.2) is 55.1 Å². The van der Waals surface area contributed by atoms with E-state index in [0.717, 1.165) is 58.8 Å². The number of phenols is 1. The Labute approximate surface area is 230 Å². The lowest BCUT2D eigenvalue weighted by Gasteiger charge is -2.25. The Morgan fingerprint density at radius 1 is 0.897 bits per heavy atom. The van der Waals surface area contributed by atoms with Crippen molar-refractivity contribution >= 4 is 17.1 Å². The van der Waals surface area contributed by atoms with Gasteiger partial charge >= 0.3 is 5.97 Å². The van der Waals surface area contributed by atoms with Gasteiger partial charge in [-0.25, -0.2) is 0 Å². The van der Waals surface area contributed by atoms with Gasteiger partial charge < -0.3 is 29.0 Å². The second-order valence-corrected chi connectivity index (χ2v) is 9.37. The van der Waals surface area contributed by atoms with Gasteiger partial charge in [-0.2, -0.15) is 0 Å². The van der Waals surface area contributed by atoms with Gasteiger partial charge in [-0.3, -0.25) is 4.79 Å². The first-order chi connectivity index (χ1) is 18.9.